The van der Waals surface area contributed by atoms with E-state index in [2.05, 4.69) is 4.98 Å². The lowest BCUT2D eigenvalue weighted by Crippen LogP contribution is -2.13. The predicted molar refractivity (Wildman–Crippen MR) is 49.6 cm³/mol. The highest BCUT2D eigenvalue weighted by Crippen LogP contribution is 2.20. The Morgan fingerprint density at radius 2 is 2.13 bits per heavy atom. The average molecular weight is 220 g/mol. The van der Waals surface area contributed by atoms with E-state index in [4.69, 9.17) is 10.5 Å². The summed E-state index contributed by atoms with van der Waals surface area (Å²) in [6.07, 6.45) is -3.83. The van der Waals surface area contributed by atoms with Crippen molar-refractivity contribution in [2.75, 3.05) is 12.3 Å². The van der Waals surface area contributed by atoms with Gasteiger partial charge in [-0.25, -0.2) is 4.98 Å². The zero-order chi connectivity index (χ0) is 11.5. The Morgan fingerprint density at radius 1 is 1.47 bits per heavy atom. The first kappa shape index (κ1) is 11.6. The molecule has 6 heteroatoms. The number of ether oxygens (including phenoxy) is 1. The molecular formula is C9H11F3N2O. The third-order valence-corrected chi connectivity index (χ3v) is 1.76. The molecule has 0 radical (unpaired) electrons. The monoisotopic (exact) mass is 220 g/mol. The first-order valence-corrected chi connectivity index (χ1v) is 4.30. The summed E-state index contributed by atoms with van der Waals surface area (Å²) in [6.45, 7) is 1.30. The molecule has 0 saturated heterocycles. The minimum Gasteiger partial charge on any atom is -0.477 e. The Bertz CT molecular complexity index is 339. The van der Waals surface area contributed by atoms with Gasteiger partial charge in [0.1, 0.15) is 0 Å². The van der Waals surface area contributed by atoms with Gasteiger partial charge in [-0.1, -0.05) is 0 Å². The fourth-order valence-electron chi connectivity index (χ4n) is 0.891. The van der Waals surface area contributed by atoms with E-state index in [0.29, 0.717) is 5.69 Å². The number of alkyl halides is 3. The lowest BCUT2D eigenvalue weighted by atomic mass is 10.2. The first-order chi connectivity index (χ1) is 6.88. The third kappa shape index (κ3) is 4.05. The summed E-state index contributed by atoms with van der Waals surface area (Å²) >= 11 is 0. The van der Waals surface area contributed by atoms with Gasteiger partial charge in [-0.3, -0.25) is 0 Å². The van der Waals surface area contributed by atoms with Crippen molar-refractivity contribution in [1.82, 2.24) is 4.98 Å². The summed E-state index contributed by atoms with van der Waals surface area (Å²) in [7, 11) is 0. The molecule has 1 heterocycles. The van der Waals surface area contributed by atoms with Crippen molar-refractivity contribution in [3.05, 3.63) is 17.8 Å². The Balaban J connectivity index is 2.48. The lowest BCUT2D eigenvalue weighted by Gasteiger charge is -2.08. The van der Waals surface area contributed by atoms with Crippen LogP contribution in [0, 0.1) is 6.92 Å². The van der Waals surface area contributed by atoms with Gasteiger partial charge in [0, 0.05) is 6.07 Å². The van der Waals surface area contributed by atoms with Crippen LogP contribution in [0.4, 0.5) is 18.9 Å². The molecule has 1 aromatic rings. The number of pyridine rings is 1. The normalized spacial score (nSPS) is 11.5. The van der Waals surface area contributed by atoms with Crippen molar-refractivity contribution < 1.29 is 17.9 Å². The minimum absolute atomic E-state index is 0.158. The summed E-state index contributed by atoms with van der Waals surface area (Å²) in [6, 6.07) is 1.51. The van der Waals surface area contributed by atoms with Gasteiger partial charge < -0.3 is 10.5 Å². The van der Waals surface area contributed by atoms with Crippen LogP contribution in [0.3, 0.4) is 0 Å². The quantitative estimate of drug-likeness (QED) is 0.850. The summed E-state index contributed by atoms with van der Waals surface area (Å²) in [5, 5.41) is 0. The summed E-state index contributed by atoms with van der Waals surface area (Å²) in [5.41, 5.74) is 6.70. The van der Waals surface area contributed by atoms with Crippen molar-refractivity contribution >= 4 is 5.69 Å². The molecule has 0 spiro atoms. The second-order valence-electron chi connectivity index (χ2n) is 3.09. The fraction of sp³-hybridized carbons (Fsp3) is 0.444. The number of hydrogen-bond acceptors (Lipinski definition) is 3. The van der Waals surface area contributed by atoms with Crippen molar-refractivity contribution in [2.45, 2.75) is 19.5 Å². The molecule has 0 bridgehead atoms. The number of hydrogen-bond donors (Lipinski definition) is 1. The van der Waals surface area contributed by atoms with Gasteiger partial charge in [-0.05, 0) is 12.5 Å². The van der Waals surface area contributed by atoms with E-state index >= 15 is 0 Å². The summed E-state index contributed by atoms with van der Waals surface area (Å²) in [4.78, 5) is 3.74. The molecule has 0 aliphatic carbocycles. The maximum atomic E-state index is 11.8. The predicted octanol–water partition coefficient (Wildman–Crippen LogP) is 2.30. The van der Waals surface area contributed by atoms with E-state index in [1.165, 1.54) is 12.3 Å². The number of aromatic nitrogens is 1. The van der Waals surface area contributed by atoms with Gasteiger partial charge in [0.2, 0.25) is 5.88 Å². The molecule has 2 N–H and O–H groups in total. The first-order valence-electron chi connectivity index (χ1n) is 4.30. The molecule has 0 amide bonds. The number of rotatable bonds is 3. The number of nitrogens with zero attached hydrogens (tertiary/aromatic N) is 1. The number of nitrogen functional groups attached to an aromatic ring is 1. The summed E-state index contributed by atoms with van der Waals surface area (Å²) in [5.74, 6) is 0.158. The molecule has 0 fully saturated rings. The van der Waals surface area contributed by atoms with E-state index in [1.807, 2.05) is 0 Å². The van der Waals surface area contributed by atoms with E-state index in [1.54, 1.807) is 6.92 Å². The minimum atomic E-state index is -4.21. The standard InChI is InChI=1S/C9H11F3N2O/c1-6-4-8(14-5-7(6)13)15-3-2-9(10,11)12/h4-5H,2-3,13H2,1H3. The SMILES string of the molecule is Cc1cc(OCCC(F)(F)F)ncc1N. The number of nitrogens with two attached hydrogens (primary N) is 1. The largest absolute Gasteiger partial charge is 0.477 e. The molecule has 3 nitrogen and oxygen atoms in total. The Labute approximate surface area is 85.1 Å². The van der Waals surface area contributed by atoms with Crippen molar-refractivity contribution in [2.24, 2.45) is 0 Å². The smallest absolute Gasteiger partial charge is 0.392 e. The number of anilines is 1. The highest BCUT2D eigenvalue weighted by atomic mass is 19.4. The average Bonchev–Trinajstić information content (AvgIpc) is 2.09. The van der Waals surface area contributed by atoms with Crippen LogP contribution >= 0.6 is 0 Å². The highest BCUT2D eigenvalue weighted by molar-refractivity contribution is 5.45. The topological polar surface area (TPSA) is 48.1 Å². The Kier molecular flexibility index (Phi) is 3.39. The van der Waals surface area contributed by atoms with Gasteiger partial charge in [0.05, 0.1) is 24.9 Å². The van der Waals surface area contributed by atoms with E-state index < -0.39 is 19.2 Å². The second-order valence-corrected chi connectivity index (χ2v) is 3.09. The van der Waals surface area contributed by atoms with Gasteiger partial charge >= 0.3 is 6.18 Å². The van der Waals surface area contributed by atoms with E-state index in [9.17, 15) is 13.2 Å². The van der Waals surface area contributed by atoms with Crippen LogP contribution < -0.4 is 10.5 Å². The third-order valence-electron chi connectivity index (χ3n) is 1.76. The highest BCUT2D eigenvalue weighted by Gasteiger charge is 2.26. The number of aryl methyl sites for hydroxylation is 1. The van der Waals surface area contributed by atoms with Crippen LogP contribution in [-0.2, 0) is 0 Å². The number of halogens is 3. The second kappa shape index (κ2) is 4.37. The van der Waals surface area contributed by atoms with E-state index in [-0.39, 0.29) is 5.88 Å². The molecule has 0 aliphatic rings. The van der Waals surface area contributed by atoms with Crippen LogP contribution in [0.15, 0.2) is 12.3 Å². The van der Waals surface area contributed by atoms with Gasteiger partial charge in [-0.2, -0.15) is 13.2 Å². The van der Waals surface area contributed by atoms with Crippen LogP contribution in [0.25, 0.3) is 0 Å². The van der Waals surface area contributed by atoms with Crippen molar-refractivity contribution in [3.8, 4) is 5.88 Å². The molecule has 84 valence electrons. The maximum absolute atomic E-state index is 11.8. The molecular weight excluding hydrogens is 209 g/mol. The zero-order valence-electron chi connectivity index (χ0n) is 8.14. The van der Waals surface area contributed by atoms with Crippen molar-refractivity contribution in [3.63, 3.8) is 0 Å². The van der Waals surface area contributed by atoms with Crippen LogP contribution in [0.2, 0.25) is 0 Å². The van der Waals surface area contributed by atoms with E-state index in [0.717, 1.165) is 5.56 Å². The molecule has 0 unspecified atom stereocenters. The lowest BCUT2D eigenvalue weighted by molar-refractivity contribution is -0.139. The summed E-state index contributed by atoms with van der Waals surface area (Å²) < 4.78 is 40.2. The fourth-order valence-corrected chi connectivity index (χ4v) is 0.891. The molecule has 1 aromatic heterocycles. The molecule has 0 atom stereocenters. The van der Waals surface area contributed by atoms with Gasteiger partial charge in [-0.15, -0.1) is 0 Å². The molecule has 15 heavy (non-hydrogen) atoms. The molecule has 1 rings (SSSR count). The van der Waals surface area contributed by atoms with Crippen LogP contribution in [0.1, 0.15) is 12.0 Å². The zero-order valence-corrected chi connectivity index (χ0v) is 8.14. The van der Waals surface area contributed by atoms with Gasteiger partial charge in [0.15, 0.2) is 0 Å². The van der Waals surface area contributed by atoms with Crippen LogP contribution in [-0.4, -0.2) is 17.8 Å². The Morgan fingerprint density at radius 3 is 2.67 bits per heavy atom. The molecule has 0 saturated carbocycles. The van der Waals surface area contributed by atoms with Crippen LogP contribution in [0.5, 0.6) is 5.88 Å². The van der Waals surface area contributed by atoms with Crippen molar-refractivity contribution in [1.29, 1.82) is 0 Å². The molecule has 0 aliphatic heterocycles. The Hall–Kier alpha value is -1.46. The van der Waals surface area contributed by atoms with Gasteiger partial charge in [0.25, 0.3) is 0 Å². The maximum Gasteiger partial charge on any atom is 0.392 e. The molecule has 0 aromatic carbocycles.